The van der Waals surface area contributed by atoms with Gasteiger partial charge >= 0.3 is 0 Å². The average Bonchev–Trinajstić information content (AvgIpc) is 3.37. The molecule has 0 spiro atoms. The number of alkyl halides is 2. The molecule has 0 saturated carbocycles. The van der Waals surface area contributed by atoms with Crippen LogP contribution >= 0.6 is 0 Å². The maximum atomic E-state index is 13.7. The standard InChI is InChI=1S/C26H30F2N6O/c1-16-29-24-7-5-19(14-34(24)31-16)26-21(13-23(27)28)20-12-18(4-6-22(20)30-26)17-8-10-33(11-9-17)15-25(35)32(2)3/h4-7,12,14,17,23,30H,8-11,13,15H2,1-3H3. The number of hydrogen-bond acceptors (Lipinski definition) is 4. The van der Waals surface area contributed by atoms with E-state index in [1.54, 1.807) is 23.5 Å². The third-order valence-electron chi connectivity index (χ3n) is 6.93. The first-order valence-corrected chi connectivity index (χ1v) is 12.0. The Hall–Kier alpha value is -3.33. The second-order valence-corrected chi connectivity index (χ2v) is 9.60. The molecule has 35 heavy (non-hydrogen) atoms. The highest BCUT2D eigenvalue weighted by Crippen LogP contribution is 2.36. The zero-order valence-corrected chi connectivity index (χ0v) is 20.3. The molecule has 4 heterocycles. The van der Waals surface area contributed by atoms with Gasteiger partial charge in [0.15, 0.2) is 5.65 Å². The maximum absolute atomic E-state index is 13.7. The summed E-state index contributed by atoms with van der Waals surface area (Å²) in [4.78, 5) is 23.6. The van der Waals surface area contributed by atoms with E-state index in [1.165, 1.54) is 5.56 Å². The number of fused-ring (bicyclic) bond motifs is 2. The Kier molecular flexibility index (Phi) is 6.27. The summed E-state index contributed by atoms with van der Waals surface area (Å²) >= 11 is 0. The molecular weight excluding hydrogens is 450 g/mol. The van der Waals surface area contributed by atoms with Crippen molar-refractivity contribution in [3.8, 4) is 11.3 Å². The van der Waals surface area contributed by atoms with Gasteiger partial charge in [-0.2, -0.15) is 5.10 Å². The van der Waals surface area contributed by atoms with Crippen molar-refractivity contribution < 1.29 is 13.6 Å². The number of nitrogens with zero attached hydrogens (tertiary/aromatic N) is 5. The Bertz CT molecular complexity index is 1370. The van der Waals surface area contributed by atoms with E-state index in [0.717, 1.165) is 48.0 Å². The number of aromatic nitrogens is 4. The smallest absolute Gasteiger partial charge is 0.242 e. The van der Waals surface area contributed by atoms with Crippen molar-refractivity contribution in [1.29, 1.82) is 0 Å². The third kappa shape index (κ3) is 4.77. The number of piperidine rings is 1. The van der Waals surface area contributed by atoms with E-state index in [1.807, 2.05) is 31.3 Å². The summed E-state index contributed by atoms with van der Waals surface area (Å²) in [5.74, 6) is 1.12. The first-order valence-electron chi connectivity index (χ1n) is 12.0. The highest BCUT2D eigenvalue weighted by molar-refractivity contribution is 5.91. The van der Waals surface area contributed by atoms with Crippen LogP contribution in [0.1, 0.15) is 35.7 Å². The fourth-order valence-electron chi connectivity index (χ4n) is 5.03. The first-order chi connectivity index (χ1) is 16.8. The van der Waals surface area contributed by atoms with Crippen molar-refractivity contribution in [1.82, 2.24) is 29.4 Å². The molecule has 1 aromatic carbocycles. The van der Waals surface area contributed by atoms with Crippen LogP contribution in [-0.4, -0.2) is 75.4 Å². The number of likely N-dealkylation sites (N-methyl/N-ethyl adjacent to an activating group) is 1. The van der Waals surface area contributed by atoms with Crippen LogP contribution in [0, 0.1) is 6.92 Å². The molecule has 1 aliphatic heterocycles. The lowest BCUT2D eigenvalue weighted by Gasteiger charge is -2.32. The van der Waals surface area contributed by atoms with Crippen LogP contribution in [0.5, 0.6) is 0 Å². The van der Waals surface area contributed by atoms with Crippen LogP contribution in [0.4, 0.5) is 8.78 Å². The molecule has 1 fully saturated rings. The number of pyridine rings is 1. The minimum Gasteiger partial charge on any atom is -0.354 e. The summed E-state index contributed by atoms with van der Waals surface area (Å²) in [6.07, 6.45) is 0.941. The number of hydrogen-bond donors (Lipinski definition) is 1. The summed E-state index contributed by atoms with van der Waals surface area (Å²) in [7, 11) is 3.55. The molecule has 5 rings (SSSR count). The van der Waals surface area contributed by atoms with Crippen molar-refractivity contribution in [2.75, 3.05) is 33.7 Å². The Balaban J connectivity index is 1.45. The average molecular weight is 481 g/mol. The molecule has 7 nitrogen and oxygen atoms in total. The van der Waals surface area contributed by atoms with Crippen LogP contribution in [0.3, 0.4) is 0 Å². The molecule has 9 heteroatoms. The third-order valence-corrected chi connectivity index (χ3v) is 6.93. The molecule has 1 amide bonds. The van der Waals surface area contributed by atoms with Gasteiger partial charge in [0, 0.05) is 43.2 Å². The van der Waals surface area contributed by atoms with Gasteiger partial charge in [0.1, 0.15) is 5.82 Å². The fraction of sp³-hybridized carbons (Fsp3) is 0.423. The molecular formula is C26H30F2N6O. The van der Waals surface area contributed by atoms with E-state index >= 15 is 0 Å². The van der Waals surface area contributed by atoms with Gasteiger partial charge in [-0.15, -0.1) is 0 Å². The van der Waals surface area contributed by atoms with E-state index in [2.05, 4.69) is 32.1 Å². The molecule has 184 valence electrons. The minimum atomic E-state index is -2.45. The van der Waals surface area contributed by atoms with E-state index in [0.29, 0.717) is 29.5 Å². The van der Waals surface area contributed by atoms with Crippen molar-refractivity contribution >= 4 is 22.5 Å². The van der Waals surface area contributed by atoms with Crippen LogP contribution in [0.2, 0.25) is 0 Å². The SMILES string of the molecule is Cc1nc2ccc(-c3[nH]c4ccc(C5CCN(CC(=O)N(C)C)CC5)cc4c3CC(F)F)cn2n1. The topological polar surface area (TPSA) is 69.5 Å². The van der Waals surface area contributed by atoms with Gasteiger partial charge in [-0.1, -0.05) is 6.07 Å². The highest BCUT2D eigenvalue weighted by atomic mass is 19.3. The lowest BCUT2D eigenvalue weighted by atomic mass is 9.88. The lowest BCUT2D eigenvalue weighted by molar-refractivity contribution is -0.130. The van der Waals surface area contributed by atoms with Gasteiger partial charge in [0.05, 0.1) is 12.2 Å². The second-order valence-electron chi connectivity index (χ2n) is 9.60. The minimum absolute atomic E-state index is 0.112. The number of halogens is 2. The number of carbonyl (C=O) groups excluding carboxylic acids is 1. The van der Waals surface area contributed by atoms with Gasteiger partial charge in [0.2, 0.25) is 12.3 Å². The van der Waals surface area contributed by atoms with Gasteiger partial charge < -0.3 is 9.88 Å². The molecule has 0 unspecified atom stereocenters. The molecule has 0 radical (unpaired) electrons. The second kappa shape index (κ2) is 9.37. The fourth-order valence-corrected chi connectivity index (χ4v) is 5.03. The molecule has 1 aliphatic rings. The molecule has 4 aromatic rings. The summed E-state index contributed by atoms with van der Waals surface area (Å²) in [5.41, 5.74) is 4.86. The van der Waals surface area contributed by atoms with E-state index in [9.17, 15) is 13.6 Å². The largest absolute Gasteiger partial charge is 0.354 e. The van der Waals surface area contributed by atoms with Crippen molar-refractivity contribution in [2.45, 2.75) is 38.5 Å². The van der Waals surface area contributed by atoms with Crippen LogP contribution in [0.25, 0.3) is 27.8 Å². The van der Waals surface area contributed by atoms with Crippen molar-refractivity contribution in [3.05, 3.63) is 53.5 Å². The summed E-state index contributed by atoms with van der Waals surface area (Å²) in [5, 5.41) is 5.21. The molecule has 1 N–H and O–H groups in total. The molecule has 0 bridgehead atoms. The molecule has 0 aliphatic carbocycles. The Morgan fingerprint density at radius 1 is 1.20 bits per heavy atom. The highest BCUT2D eigenvalue weighted by Gasteiger charge is 2.24. The van der Waals surface area contributed by atoms with E-state index < -0.39 is 6.43 Å². The zero-order chi connectivity index (χ0) is 24.7. The molecule has 1 saturated heterocycles. The van der Waals surface area contributed by atoms with Crippen LogP contribution in [-0.2, 0) is 11.2 Å². The van der Waals surface area contributed by atoms with E-state index in [4.69, 9.17) is 0 Å². The number of aryl methyl sites for hydroxylation is 1. The normalized spacial score (nSPS) is 15.5. The summed E-state index contributed by atoms with van der Waals surface area (Å²) in [6.45, 7) is 3.96. The first kappa shape index (κ1) is 23.4. The van der Waals surface area contributed by atoms with Crippen molar-refractivity contribution in [3.63, 3.8) is 0 Å². The van der Waals surface area contributed by atoms with Gasteiger partial charge in [0.25, 0.3) is 0 Å². The van der Waals surface area contributed by atoms with Gasteiger partial charge in [-0.25, -0.2) is 18.3 Å². The quantitative estimate of drug-likeness (QED) is 0.448. The number of aromatic amines is 1. The van der Waals surface area contributed by atoms with Crippen LogP contribution < -0.4 is 0 Å². The maximum Gasteiger partial charge on any atom is 0.242 e. The number of likely N-dealkylation sites (tertiary alicyclic amines) is 1. The zero-order valence-electron chi connectivity index (χ0n) is 20.3. The summed E-state index contributed by atoms with van der Waals surface area (Å²) < 4.78 is 29.0. The number of rotatable bonds is 6. The van der Waals surface area contributed by atoms with Gasteiger partial charge in [-0.3, -0.25) is 9.69 Å². The number of nitrogens with one attached hydrogen (secondary N) is 1. The Labute approximate surface area is 202 Å². The van der Waals surface area contributed by atoms with Gasteiger partial charge in [-0.05, 0) is 74.2 Å². The number of benzene rings is 1. The lowest BCUT2D eigenvalue weighted by Crippen LogP contribution is -2.40. The number of H-pyrrole nitrogens is 1. The van der Waals surface area contributed by atoms with E-state index in [-0.39, 0.29) is 12.3 Å². The molecule has 0 atom stereocenters. The van der Waals surface area contributed by atoms with Crippen LogP contribution in [0.15, 0.2) is 36.5 Å². The Morgan fingerprint density at radius 3 is 2.69 bits per heavy atom. The monoisotopic (exact) mass is 480 g/mol. The number of carbonyl (C=O) groups is 1. The van der Waals surface area contributed by atoms with Crippen molar-refractivity contribution in [2.24, 2.45) is 0 Å². The summed E-state index contributed by atoms with van der Waals surface area (Å²) in [6, 6.07) is 9.94. The molecule has 3 aromatic heterocycles. The predicted molar refractivity (Wildman–Crippen MR) is 132 cm³/mol. The Morgan fingerprint density at radius 2 is 1.97 bits per heavy atom. The number of amides is 1. The predicted octanol–water partition coefficient (Wildman–Crippen LogP) is 4.26.